The van der Waals surface area contributed by atoms with Gasteiger partial charge in [0.1, 0.15) is 0 Å². The summed E-state index contributed by atoms with van der Waals surface area (Å²) in [5.74, 6) is 1.09. The van der Waals surface area contributed by atoms with Gasteiger partial charge in [-0.2, -0.15) is 4.98 Å². The number of hydrogen-bond acceptors (Lipinski definition) is 7. The van der Waals surface area contributed by atoms with Crippen LogP contribution in [0, 0.1) is 0 Å². The number of nitrogens with zero attached hydrogens (tertiary/aromatic N) is 3. The molecule has 1 N–H and O–H groups in total. The molecule has 0 bridgehead atoms. The SMILES string of the molecule is CC(C)Oc1nc(Nc2nc3ccccc3s2)nc2cccc(SC(C)(C)C)c12. The molecule has 2 aromatic carbocycles. The Labute approximate surface area is 178 Å². The standard InChI is InChI=1S/C22H24N4OS2/c1-13(2)27-19-18-15(10-8-12-17(18)29-22(3,4)5)23-20(25-19)26-21-24-14-9-6-7-11-16(14)28-21/h6-13H,1-5H3,(H,23,24,25,26). The molecule has 5 nitrogen and oxygen atoms in total. The van der Waals surface area contributed by atoms with E-state index in [0.717, 1.165) is 31.1 Å². The number of benzene rings is 2. The second-order valence-corrected chi connectivity index (χ2v) is 10.9. The zero-order chi connectivity index (χ0) is 20.6. The molecule has 4 aromatic rings. The molecule has 0 amide bonds. The van der Waals surface area contributed by atoms with Crippen LogP contribution in [0.4, 0.5) is 11.1 Å². The summed E-state index contributed by atoms with van der Waals surface area (Å²) in [6, 6.07) is 14.2. The maximum absolute atomic E-state index is 6.10. The van der Waals surface area contributed by atoms with Gasteiger partial charge in [-0.05, 0) is 38.1 Å². The van der Waals surface area contributed by atoms with Gasteiger partial charge in [-0.1, -0.05) is 50.3 Å². The maximum atomic E-state index is 6.10. The smallest absolute Gasteiger partial charge is 0.232 e. The van der Waals surface area contributed by atoms with Crippen molar-refractivity contribution in [3.63, 3.8) is 0 Å². The van der Waals surface area contributed by atoms with E-state index in [2.05, 4.69) is 43.2 Å². The van der Waals surface area contributed by atoms with Crippen molar-refractivity contribution in [2.24, 2.45) is 0 Å². The van der Waals surface area contributed by atoms with Gasteiger partial charge < -0.3 is 4.74 Å². The fourth-order valence-electron chi connectivity index (χ4n) is 2.92. The van der Waals surface area contributed by atoms with Gasteiger partial charge in [0, 0.05) is 9.64 Å². The number of nitrogens with one attached hydrogen (secondary N) is 1. The molecule has 0 unspecified atom stereocenters. The molecule has 7 heteroatoms. The third-order valence-corrected chi connectivity index (χ3v) is 6.05. The fourth-order valence-corrected chi connectivity index (χ4v) is 4.88. The van der Waals surface area contributed by atoms with Crippen LogP contribution < -0.4 is 10.1 Å². The molecule has 0 aliphatic rings. The van der Waals surface area contributed by atoms with Gasteiger partial charge in [-0.15, -0.1) is 11.8 Å². The Balaban J connectivity index is 1.79. The molecule has 0 atom stereocenters. The van der Waals surface area contributed by atoms with E-state index in [-0.39, 0.29) is 10.9 Å². The highest BCUT2D eigenvalue weighted by molar-refractivity contribution is 8.00. The van der Waals surface area contributed by atoms with Crippen LogP contribution in [0.5, 0.6) is 5.88 Å². The Morgan fingerprint density at radius 1 is 0.966 bits per heavy atom. The largest absolute Gasteiger partial charge is 0.474 e. The number of rotatable bonds is 5. The summed E-state index contributed by atoms with van der Waals surface area (Å²) in [4.78, 5) is 15.2. The molecule has 4 rings (SSSR count). The molecule has 29 heavy (non-hydrogen) atoms. The van der Waals surface area contributed by atoms with Crippen molar-refractivity contribution in [3.8, 4) is 5.88 Å². The lowest BCUT2D eigenvalue weighted by Crippen LogP contribution is -2.11. The fraction of sp³-hybridized carbons (Fsp3) is 0.318. The van der Waals surface area contributed by atoms with Gasteiger partial charge in [0.2, 0.25) is 11.8 Å². The first-order valence-corrected chi connectivity index (χ1v) is 11.2. The number of thiazole rings is 1. The Kier molecular flexibility index (Phi) is 5.36. The highest BCUT2D eigenvalue weighted by atomic mass is 32.2. The van der Waals surface area contributed by atoms with E-state index in [0.29, 0.717) is 11.8 Å². The third-order valence-electron chi connectivity index (χ3n) is 3.93. The van der Waals surface area contributed by atoms with Gasteiger partial charge in [0.25, 0.3) is 0 Å². The molecular formula is C22H24N4OS2. The molecule has 0 aliphatic heterocycles. The van der Waals surface area contributed by atoms with Gasteiger partial charge in [-0.3, -0.25) is 5.32 Å². The second kappa shape index (κ2) is 7.80. The summed E-state index contributed by atoms with van der Waals surface area (Å²) in [5.41, 5.74) is 1.82. The molecule has 150 valence electrons. The third kappa shape index (κ3) is 4.62. The van der Waals surface area contributed by atoms with Crippen molar-refractivity contribution in [1.29, 1.82) is 0 Å². The summed E-state index contributed by atoms with van der Waals surface area (Å²) in [5, 5.41) is 4.98. The lowest BCUT2D eigenvalue weighted by atomic mass is 10.2. The summed E-state index contributed by atoms with van der Waals surface area (Å²) in [6.45, 7) is 10.6. The van der Waals surface area contributed by atoms with Gasteiger partial charge in [-0.25, -0.2) is 9.97 Å². The van der Waals surface area contributed by atoms with Crippen molar-refractivity contribution in [2.75, 3.05) is 5.32 Å². The van der Waals surface area contributed by atoms with Crippen LogP contribution in [-0.2, 0) is 0 Å². The molecule has 0 radical (unpaired) electrons. The molecule has 0 saturated carbocycles. The molecular weight excluding hydrogens is 400 g/mol. The minimum Gasteiger partial charge on any atom is -0.474 e. The monoisotopic (exact) mass is 424 g/mol. The van der Waals surface area contributed by atoms with Crippen LogP contribution in [0.1, 0.15) is 34.6 Å². The Morgan fingerprint density at radius 2 is 1.72 bits per heavy atom. The first kappa shape index (κ1) is 19.9. The van der Waals surface area contributed by atoms with Gasteiger partial charge in [0.15, 0.2) is 5.13 Å². The molecule has 0 spiro atoms. The van der Waals surface area contributed by atoms with Crippen LogP contribution >= 0.6 is 23.1 Å². The summed E-state index contributed by atoms with van der Waals surface area (Å²) >= 11 is 3.37. The molecule has 2 heterocycles. The van der Waals surface area contributed by atoms with Crippen molar-refractivity contribution < 1.29 is 4.74 Å². The number of hydrogen-bond donors (Lipinski definition) is 1. The van der Waals surface area contributed by atoms with Crippen molar-refractivity contribution in [3.05, 3.63) is 42.5 Å². The Bertz CT molecular complexity index is 1130. The van der Waals surface area contributed by atoms with Gasteiger partial charge >= 0.3 is 0 Å². The molecule has 0 fully saturated rings. The molecule has 0 saturated heterocycles. The Hall–Kier alpha value is -2.38. The van der Waals surface area contributed by atoms with Crippen LogP contribution in [-0.4, -0.2) is 25.8 Å². The van der Waals surface area contributed by atoms with Crippen LogP contribution in [0.15, 0.2) is 47.4 Å². The van der Waals surface area contributed by atoms with Crippen LogP contribution in [0.3, 0.4) is 0 Å². The average Bonchev–Trinajstić information content (AvgIpc) is 3.02. The average molecular weight is 425 g/mol. The zero-order valence-electron chi connectivity index (χ0n) is 17.2. The van der Waals surface area contributed by atoms with Crippen molar-refractivity contribution >= 4 is 55.3 Å². The van der Waals surface area contributed by atoms with Crippen LogP contribution in [0.2, 0.25) is 0 Å². The predicted molar refractivity (Wildman–Crippen MR) is 124 cm³/mol. The maximum Gasteiger partial charge on any atom is 0.232 e. The van der Waals surface area contributed by atoms with E-state index in [9.17, 15) is 0 Å². The highest BCUT2D eigenvalue weighted by Gasteiger charge is 2.19. The predicted octanol–water partition coefficient (Wildman–Crippen LogP) is 6.66. The number of fused-ring (bicyclic) bond motifs is 2. The normalized spacial score (nSPS) is 12.1. The summed E-state index contributed by atoms with van der Waals surface area (Å²) in [6.07, 6.45) is 0.0103. The first-order valence-electron chi connectivity index (χ1n) is 9.57. The summed E-state index contributed by atoms with van der Waals surface area (Å²) in [7, 11) is 0. The molecule has 2 aromatic heterocycles. The van der Waals surface area contributed by atoms with E-state index in [1.165, 1.54) is 0 Å². The minimum absolute atomic E-state index is 0.0103. The Morgan fingerprint density at radius 3 is 2.45 bits per heavy atom. The zero-order valence-corrected chi connectivity index (χ0v) is 18.8. The van der Waals surface area contributed by atoms with E-state index in [1.54, 1.807) is 23.1 Å². The molecule has 0 aliphatic carbocycles. The van der Waals surface area contributed by atoms with E-state index < -0.39 is 0 Å². The van der Waals surface area contributed by atoms with E-state index in [1.807, 2.05) is 44.2 Å². The van der Waals surface area contributed by atoms with E-state index in [4.69, 9.17) is 14.7 Å². The first-order chi connectivity index (χ1) is 13.8. The van der Waals surface area contributed by atoms with Crippen molar-refractivity contribution in [1.82, 2.24) is 15.0 Å². The number of para-hydroxylation sites is 1. The van der Waals surface area contributed by atoms with Crippen molar-refractivity contribution in [2.45, 2.75) is 50.4 Å². The lowest BCUT2D eigenvalue weighted by molar-refractivity contribution is 0.236. The number of ether oxygens (including phenoxy) is 1. The second-order valence-electron chi connectivity index (χ2n) is 8.00. The topological polar surface area (TPSA) is 59.9 Å². The van der Waals surface area contributed by atoms with Gasteiger partial charge in [0.05, 0.1) is 27.2 Å². The quantitative estimate of drug-likeness (QED) is 0.361. The number of thioether (sulfide) groups is 1. The summed E-state index contributed by atoms with van der Waals surface area (Å²) < 4.78 is 7.29. The number of aromatic nitrogens is 3. The van der Waals surface area contributed by atoms with E-state index >= 15 is 0 Å². The lowest BCUT2D eigenvalue weighted by Gasteiger charge is -2.20. The number of anilines is 2. The van der Waals surface area contributed by atoms with Crippen LogP contribution in [0.25, 0.3) is 21.1 Å². The highest BCUT2D eigenvalue weighted by Crippen LogP contribution is 2.40. The minimum atomic E-state index is 0.0103.